The quantitative estimate of drug-likeness (QED) is 0.135. The maximum atomic E-state index is 15.3. The zero-order chi connectivity index (χ0) is 50.6. The molecule has 0 bridgehead atoms. The summed E-state index contributed by atoms with van der Waals surface area (Å²) in [5, 5.41) is 15.2. The Kier molecular flexibility index (Phi) is 13.1. The van der Waals surface area contributed by atoms with E-state index in [2.05, 4.69) is 44.5 Å². The number of imide groups is 1. The third-order valence-electron chi connectivity index (χ3n) is 14.9. The number of carbonyl (C=O) groups excluding carboxylic acids is 4. The third-order valence-corrected chi connectivity index (χ3v) is 14.9. The number of piperidine rings is 3. The molecule has 5 fully saturated rings. The highest BCUT2D eigenvalue weighted by molar-refractivity contribution is 6.02. The molecule has 20 nitrogen and oxygen atoms in total. The fraction of sp³-hybridized carbons (Fsp3) is 0.560. The lowest BCUT2D eigenvalue weighted by Gasteiger charge is -2.43. The predicted octanol–water partition coefficient (Wildman–Crippen LogP) is 5.66. The van der Waals surface area contributed by atoms with Gasteiger partial charge in [-0.25, -0.2) is 38.2 Å². The van der Waals surface area contributed by atoms with Gasteiger partial charge in [0, 0.05) is 89.3 Å². The fourth-order valence-corrected chi connectivity index (χ4v) is 10.9. The van der Waals surface area contributed by atoms with Crippen molar-refractivity contribution in [2.75, 3.05) is 81.5 Å². The van der Waals surface area contributed by atoms with E-state index in [0.717, 1.165) is 43.6 Å². The zero-order valence-corrected chi connectivity index (χ0v) is 41.4. The Hall–Kier alpha value is -6.84. The first kappa shape index (κ1) is 48.8. The Balaban J connectivity index is 0.688. The highest BCUT2D eigenvalue weighted by Gasteiger charge is 2.41. The van der Waals surface area contributed by atoms with Crippen molar-refractivity contribution in [3.05, 3.63) is 53.8 Å². The molecule has 4 N–H and O–H groups in total. The van der Waals surface area contributed by atoms with Gasteiger partial charge < -0.3 is 35.0 Å². The lowest BCUT2D eigenvalue weighted by molar-refractivity contribution is -0.136. The standard InChI is InChI=1S/C50H62F2N14O6/c1-49(2,3)66-46-39(44(53)56-27-57-46)40(60-66)41-38(43(72-61-41)29-6-7-29)45-54-22-30(23-55-45)32-12-15-65(26-50(32,4)5)48(70)71-25-37(68)63-13-10-28(11-14-63)24-62-16-18-64(19-17-62)42-33(51)20-31(21-34(42)52)58-35-8-9-36(67)59-47(35)69/h20-23,27-29,32,35,58H,6-19,24-26H2,1-5H3,(H2,53,56,57)(H,59,67,69). The van der Waals surface area contributed by atoms with E-state index in [1.807, 2.05) is 37.8 Å². The van der Waals surface area contributed by atoms with Crippen LogP contribution in [0.15, 0.2) is 35.4 Å². The van der Waals surface area contributed by atoms with Gasteiger partial charge in [0.15, 0.2) is 35.5 Å². The van der Waals surface area contributed by atoms with Crippen LogP contribution in [0.4, 0.5) is 30.8 Å². The van der Waals surface area contributed by atoms with Crippen LogP contribution in [0, 0.1) is 23.0 Å². The molecule has 8 heterocycles. The average molecular weight is 993 g/mol. The molecule has 2 unspecified atom stereocenters. The van der Waals surface area contributed by atoms with E-state index in [-0.39, 0.29) is 65.7 Å². The number of nitrogens with one attached hydrogen (secondary N) is 2. The minimum absolute atomic E-state index is 0.0386. The first-order valence-corrected chi connectivity index (χ1v) is 25.0. The molecular weight excluding hydrogens is 931 g/mol. The summed E-state index contributed by atoms with van der Waals surface area (Å²) in [7, 11) is 0. The fourth-order valence-electron chi connectivity index (χ4n) is 10.9. The molecule has 4 aromatic heterocycles. The summed E-state index contributed by atoms with van der Waals surface area (Å²) < 4.78 is 44.0. The summed E-state index contributed by atoms with van der Waals surface area (Å²) in [5.41, 5.74) is 8.92. The van der Waals surface area contributed by atoms with Gasteiger partial charge >= 0.3 is 6.09 Å². The molecule has 4 amide bonds. The molecule has 1 saturated carbocycles. The summed E-state index contributed by atoms with van der Waals surface area (Å²) in [4.78, 5) is 76.3. The number of fused-ring (bicyclic) bond motifs is 1. The minimum Gasteiger partial charge on any atom is -0.439 e. The number of hydrogen-bond acceptors (Lipinski definition) is 16. The Morgan fingerprint density at radius 2 is 1.60 bits per heavy atom. The molecule has 22 heteroatoms. The topological polar surface area (TPSA) is 236 Å². The van der Waals surface area contributed by atoms with Crippen LogP contribution in [0.3, 0.4) is 0 Å². The van der Waals surface area contributed by atoms with Crippen molar-refractivity contribution in [1.82, 2.24) is 54.9 Å². The summed E-state index contributed by atoms with van der Waals surface area (Å²) in [6, 6.07) is 1.63. The van der Waals surface area contributed by atoms with Crippen LogP contribution in [0.25, 0.3) is 33.8 Å². The second kappa shape index (κ2) is 19.3. The number of halogens is 2. The number of nitrogens with two attached hydrogens (primary N) is 1. The second-order valence-electron chi connectivity index (χ2n) is 21.6. The largest absolute Gasteiger partial charge is 0.439 e. The summed E-state index contributed by atoms with van der Waals surface area (Å²) >= 11 is 0. The third kappa shape index (κ3) is 9.88. The number of carbonyl (C=O) groups is 4. The smallest absolute Gasteiger partial charge is 0.410 e. The number of rotatable bonds is 11. The molecule has 382 valence electrons. The molecule has 0 radical (unpaired) electrons. The van der Waals surface area contributed by atoms with Gasteiger partial charge in [0.05, 0.1) is 16.5 Å². The van der Waals surface area contributed by atoms with Crippen molar-refractivity contribution in [2.45, 2.75) is 103 Å². The van der Waals surface area contributed by atoms with Gasteiger partial charge in [-0.05, 0) is 94.2 Å². The molecule has 10 rings (SSSR count). The predicted molar refractivity (Wildman–Crippen MR) is 261 cm³/mol. The van der Waals surface area contributed by atoms with E-state index in [9.17, 15) is 19.2 Å². The first-order valence-electron chi connectivity index (χ1n) is 25.0. The van der Waals surface area contributed by atoms with Crippen molar-refractivity contribution >= 4 is 52.0 Å². The molecule has 5 aliphatic rings. The number of ether oxygens (including phenoxy) is 1. The van der Waals surface area contributed by atoms with Crippen LogP contribution in [-0.2, 0) is 24.7 Å². The summed E-state index contributed by atoms with van der Waals surface area (Å²) in [5.74, 6) is -0.479. The number of nitrogens with zero attached hydrogens (tertiary/aromatic N) is 11. The van der Waals surface area contributed by atoms with E-state index < -0.39 is 35.2 Å². The van der Waals surface area contributed by atoms with Crippen molar-refractivity contribution in [1.29, 1.82) is 0 Å². The van der Waals surface area contributed by atoms with Crippen molar-refractivity contribution < 1.29 is 37.2 Å². The lowest BCUT2D eigenvalue weighted by atomic mass is 9.71. The number of benzene rings is 1. The van der Waals surface area contributed by atoms with E-state index >= 15 is 8.78 Å². The van der Waals surface area contributed by atoms with E-state index in [4.69, 9.17) is 30.1 Å². The van der Waals surface area contributed by atoms with Gasteiger partial charge in [0.25, 0.3) is 5.91 Å². The Morgan fingerprint density at radius 1 is 0.903 bits per heavy atom. The zero-order valence-electron chi connectivity index (χ0n) is 41.4. The highest BCUT2D eigenvalue weighted by atomic mass is 19.1. The monoisotopic (exact) mass is 992 g/mol. The molecular formula is C50H62F2N14O6. The highest BCUT2D eigenvalue weighted by Crippen LogP contribution is 2.49. The average Bonchev–Trinajstić information content (AvgIpc) is 3.96. The molecule has 1 aliphatic carbocycles. The molecule has 0 spiro atoms. The lowest BCUT2D eigenvalue weighted by Crippen LogP contribution is -2.50. The molecule has 1 aromatic carbocycles. The first-order chi connectivity index (χ1) is 34.4. The normalized spacial score (nSPS) is 21.3. The van der Waals surface area contributed by atoms with E-state index in [0.29, 0.717) is 98.5 Å². The van der Waals surface area contributed by atoms with Crippen LogP contribution < -0.4 is 21.3 Å². The van der Waals surface area contributed by atoms with Crippen LogP contribution in [0.1, 0.15) is 103 Å². The Bertz CT molecular complexity index is 2860. The molecule has 4 aliphatic heterocycles. The summed E-state index contributed by atoms with van der Waals surface area (Å²) in [6.45, 7) is 14.9. The van der Waals surface area contributed by atoms with Crippen LogP contribution in [0.2, 0.25) is 0 Å². The number of nitrogen functional groups attached to an aromatic ring is 1. The van der Waals surface area contributed by atoms with Crippen molar-refractivity contribution in [3.8, 4) is 22.8 Å². The SMILES string of the molecule is CC1(C)CN(C(=O)OCC(=O)N2CCC(CN3CCN(c4c(F)cc(NC5CCC(=O)NC5=O)cc4F)CC3)CC2)CCC1c1cnc(-c2c(-c3nn(C(C)(C)C)c4ncnc(N)c34)noc2C2CC2)nc1. The van der Waals surface area contributed by atoms with Gasteiger partial charge in [-0.1, -0.05) is 19.0 Å². The number of likely N-dealkylation sites (tertiary alicyclic amines) is 2. The number of piperazine rings is 1. The van der Waals surface area contributed by atoms with Crippen molar-refractivity contribution in [2.24, 2.45) is 11.3 Å². The Morgan fingerprint density at radius 3 is 2.25 bits per heavy atom. The van der Waals surface area contributed by atoms with Crippen LogP contribution in [-0.4, -0.2) is 145 Å². The maximum Gasteiger partial charge on any atom is 0.410 e. The Labute approximate surface area is 415 Å². The van der Waals surface area contributed by atoms with Crippen molar-refractivity contribution in [3.63, 3.8) is 0 Å². The van der Waals surface area contributed by atoms with Crippen LogP contribution in [0.5, 0.6) is 0 Å². The van der Waals surface area contributed by atoms with E-state index in [1.165, 1.54) is 18.5 Å². The minimum atomic E-state index is -0.747. The van der Waals surface area contributed by atoms with Gasteiger partial charge in [-0.3, -0.25) is 24.6 Å². The summed E-state index contributed by atoms with van der Waals surface area (Å²) in [6.07, 6.45) is 9.19. The van der Waals surface area contributed by atoms with E-state index in [1.54, 1.807) is 14.7 Å². The number of hydrogen-bond donors (Lipinski definition) is 3. The van der Waals surface area contributed by atoms with Gasteiger partial charge in [0.1, 0.15) is 35.3 Å². The molecule has 2 atom stereocenters. The molecule has 72 heavy (non-hydrogen) atoms. The van der Waals surface area contributed by atoms with Gasteiger partial charge in [0.2, 0.25) is 11.8 Å². The number of anilines is 3. The van der Waals surface area contributed by atoms with Gasteiger partial charge in [-0.15, -0.1) is 0 Å². The molecule has 4 saturated heterocycles. The van der Waals surface area contributed by atoms with Gasteiger partial charge in [-0.2, -0.15) is 5.10 Å². The van der Waals surface area contributed by atoms with Crippen LogP contribution >= 0.6 is 0 Å². The number of aromatic nitrogens is 7. The second-order valence-corrected chi connectivity index (χ2v) is 21.6. The number of amides is 4. The maximum absolute atomic E-state index is 15.3. The molecule has 5 aromatic rings.